The van der Waals surface area contributed by atoms with Gasteiger partial charge in [-0.1, -0.05) is 30.1 Å². The fraction of sp³-hybridized carbons (Fsp3) is 0.105. The van der Waals surface area contributed by atoms with Gasteiger partial charge in [0.2, 0.25) is 0 Å². The third-order valence-corrected chi connectivity index (χ3v) is 4.55. The summed E-state index contributed by atoms with van der Waals surface area (Å²) in [5, 5.41) is 17.0. The van der Waals surface area contributed by atoms with E-state index in [0.29, 0.717) is 27.0 Å². The molecule has 0 radical (unpaired) electrons. The van der Waals surface area contributed by atoms with Crippen LogP contribution in [-0.2, 0) is 6.42 Å². The van der Waals surface area contributed by atoms with Crippen molar-refractivity contribution in [2.45, 2.75) is 13.3 Å². The first kappa shape index (κ1) is 18.0. The highest BCUT2D eigenvalue weighted by atomic mass is 35.5. The van der Waals surface area contributed by atoms with E-state index >= 15 is 0 Å². The highest BCUT2D eigenvalue weighted by Crippen LogP contribution is 2.26. The molecule has 0 saturated carbocycles. The molecule has 7 heteroatoms. The Kier molecular flexibility index (Phi) is 5.27. The van der Waals surface area contributed by atoms with Crippen molar-refractivity contribution in [3.63, 3.8) is 0 Å². The molecule has 0 fully saturated rings. The summed E-state index contributed by atoms with van der Waals surface area (Å²) in [5.41, 5.74) is 2.62. The number of halogens is 2. The number of carbonyl (C=O) groups is 1. The largest absolute Gasteiger partial charge is 0.305 e. The number of benzene rings is 2. The Bertz CT molecular complexity index is 1000. The molecule has 130 valence electrons. The number of rotatable bonds is 4. The minimum Gasteiger partial charge on any atom is -0.305 e. The molecule has 0 bridgehead atoms. The lowest BCUT2D eigenvalue weighted by molar-refractivity contribution is 0.102. The summed E-state index contributed by atoms with van der Waals surface area (Å²) < 4.78 is 1.72. The van der Waals surface area contributed by atoms with Crippen molar-refractivity contribution >= 4 is 34.9 Å². The smallest absolute Gasteiger partial charge is 0.256 e. The van der Waals surface area contributed by atoms with Crippen LogP contribution in [0.15, 0.2) is 48.5 Å². The fourth-order valence-corrected chi connectivity index (χ4v) is 2.75. The third kappa shape index (κ3) is 3.72. The maximum Gasteiger partial charge on any atom is 0.256 e. The second-order valence-electron chi connectivity index (χ2n) is 5.53. The first-order valence-electron chi connectivity index (χ1n) is 7.87. The second-order valence-corrected chi connectivity index (χ2v) is 6.34. The Hall–Kier alpha value is -2.81. The fourth-order valence-electron chi connectivity index (χ4n) is 2.46. The highest BCUT2D eigenvalue weighted by molar-refractivity contribution is 6.42. The summed E-state index contributed by atoms with van der Waals surface area (Å²) in [4.78, 5) is 12.4. The molecule has 26 heavy (non-hydrogen) atoms. The van der Waals surface area contributed by atoms with Gasteiger partial charge >= 0.3 is 0 Å². The lowest BCUT2D eigenvalue weighted by Crippen LogP contribution is -2.12. The number of nitrogens with one attached hydrogen (secondary N) is 1. The van der Waals surface area contributed by atoms with Gasteiger partial charge < -0.3 is 5.32 Å². The van der Waals surface area contributed by atoms with Crippen LogP contribution in [0.5, 0.6) is 0 Å². The molecular formula is C19H14Cl2N4O. The van der Waals surface area contributed by atoms with Crippen molar-refractivity contribution in [2.24, 2.45) is 0 Å². The number of hydrogen-bond donors (Lipinski definition) is 1. The Balaban J connectivity index is 1.87. The van der Waals surface area contributed by atoms with Gasteiger partial charge in [-0.05, 0) is 48.9 Å². The molecule has 2 aromatic carbocycles. The molecule has 3 rings (SSSR count). The van der Waals surface area contributed by atoms with E-state index in [0.717, 1.165) is 17.8 Å². The maximum absolute atomic E-state index is 12.4. The average molecular weight is 385 g/mol. The Labute approximate surface area is 160 Å². The lowest BCUT2D eigenvalue weighted by Gasteiger charge is -2.07. The summed E-state index contributed by atoms with van der Waals surface area (Å²) in [6.45, 7) is 2.00. The van der Waals surface area contributed by atoms with Gasteiger partial charge in [0.1, 0.15) is 0 Å². The molecule has 3 aromatic rings. The van der Waals surface area contributed by atoms with Crippen molar-refractivity contribution < 1.29 is 4.79 Å². The molecule has 0 aliphatic heterocycles. The predicted octanol–water partition coefficient (Wildman–Crippen LogP) is 4.87. The van der Waals surface area contributed by atoms with E-state index in [9.17, 15) is 4.79 Å². The van der Waals surface area contributed by atoms with Gasteiger partial charge in [-0.15, -0.1) is 5.10 Å². The molecule has 5 nitrogen and oxygen atoms in total. The normalized spacial score (nSPS) is 10.4. The molecule has 0 aliphatic rings. The van der Waals surface area contributed by atoms with Gasteiger partial charge in [-0.25, -0.2) is 4.68 Å². The molecule has 0 atom stereocenters. The molecule has 0 saturated heterocycles. The molecule has 1 heterocycles. The second kappa shape index (κ2) is 7.61. The SMILES string of the molecule is CCc1cc(NC(=O)c2ccc(C#N)cc2)nn1-c1ccc(Cl)c(Cl)c1. The predicted molar refractivity (Wildman–Crippen MR) is 102 cm³/mol. The Morgan fingerprint density at radius 2 is 1.88 bits per heavy atom. The van der Waals surface area contributed by atoms with Crippen LogP contribution in [-0.4, -0.2) is 15.7 Å². The van der Waals surface area contributed by atoms with Gasteiger partial charge in [0.25, 0.3) is 5.91 Å². The van der Waals surface area contributed by atoms with Gasteiger partial charge in [0.05, 0.1) is 27.4 Å². The van der Waals surface area contributed by atoms with E-state index in [1.807, 2.05) is 25.1 Å². The van der Waals surface area contributed by atoms with Crippen LogP contribution in [0.2, 0.25) is 10.0 Å². The standard InChI is InChI=1S/C19H14Cl2N4O/c1-2-14-10-18(23-19(26)13-5-3-12(11-22)4-6-13)24-25(14)15-7-8-16(20)17(21)9-15/h3-10H,2H2,1H3,(H,23,24,26). The number of hydrogen-bond acceptors (Lipinski definition) is 3. The molecule has 0 aliphatic carbocycles. The van der Waals surface area contributed by atoms with E-state index in [-0.39, 0.29) is 5.91 Å². The van der Waals surface area contributed by atoms with Crippen molar-refractivity contribution in [3.8, 4) is 11.8 Å². The summed E-state index contributed by atoms with van der Waals surface area (Å²) in [6, 6.07) is 15.5. The first-order chi connectivity index (χ1) is 12.5. The van der Waals surface area contributed by atoms with Crippen molar-refractivity contribution in [1.29, 1.82) is 5.26 Å². The van der Waals surface area contributed by atoms with Crippen LogP contribution in [0.1, 0.15) is 28.5 Å². The van der Waals surface area contributed by atoms with Crippen molar-refractivity contribution in [3.05, 3.63) is 75.4 Å². The quantitative estimate of drug-likeness (QED) is 0.697. The Morgan fingerprint density at radius 1 is 1.15 bits per heavy atom. The third-order valence-electron chi connectivity index (χ3n) is 3.81. The van der Waals surface area contributed by atoms with E-state index in [2.05, 4.69) is 10.4 Å². The monoisotopic (exact) mass is 384 g/mol. The summed E-state index contributed by atoms with van der Waals surface area (Å²) in [5.74, 6) is 0.137. The Morgan fingerprint density at radius 3 is 2.50 bits per heavy atom. The van der Waals surface area contributed by atoms with Crippen molar-refractivity contribution in [1.82, 2.24) is 9.78 Å². The number of aryl methyl sites for hydroxylation is 1. The van der Waals surface area contributed by atoms with E-state index in [1.54, 1.807) is 41.1 Å². The molecule has 0 unspecified atom stereocenters. The zero-order valence-electron chi connectivity index (χ0n) is 13.8. The van der Waals surface area contributed by atoms with Crippen LogP contribution in [0.25, 0.3) is 5.69 Å². The minimum atomic E-state index is -0.295. The van der Waals surface area contributed by atoms with E-state index in [4.69, 9.17) is 28.5 Å². The summed E-state index contributed by atoms with van der Waals surface area (Å²) in [6.07, 6.45) is 0.722. The van der Waals surface area contributed by atoms with Crippen LogP contribution >= 0.6 is 23.2 Å². The number of nitriles is 1. The molecular weight excluding hydrogens is 371 g/mol. The van der Waals surface area contributed by atoms with Crippen LogP contribution in [0.4, 0.5) is 5.82 Å². The van der Waals surface area contributed by atoms with Gasteiger partial charge in [-0.2, -0.15) is 5.26 Å². The van der Waals surface area contributed by atoms with Gasteiger partial charge in [-0.3, -0.25) is 4.79 Å². The van der Waals surface area contributed by atoms with E-state index in [1.165, 1.54) is 0 Å². The summed E-state index contributed by atoms with van der Waals surface area (Å²) in [7, 11) is 0. The summed E-state index contributed by atoms with van der Waals surface area (Å²) >= 11 is 12.1. The van der Waals surface area contributed by atoms with E-state index < -0.39 is 0 Å². The molecule has 0 spiro atoms. The van der Waals surface area contributed by atoms with Crippen molar-refractivity contribution in [2.75, 3.05) is 5.32 Å². The zero-order valence-corrected chi connectivity index (χ0v) is 15.3. The van der Waals surface area contributed by atoms with Gasteiger partial charge in [0, 0.05) is 17.3 Å². The maximum atomic E-state index is 12.4. The molecule has 1 aromatic heterocycles. The lowest BCUT2D eigenvalue weighted by atomic mass is 10.1. The minimum absolute atomic E-state index is 0.295. The van der Waals surface area contributed by atoms with Crippen LogP contribution in [0.3, 0.4) is 0 Å². The zero-order chi connectivity index (χ0) is 18.7. The first-order valence-corrected chi connectivity index (χ1v) is 8.63. The molecule has 1 amide bonds. The van der Waals surface area contributed by atoms with Crippen LogP contribution in [0, 0.1) is 11.3 Å². The highest BCUT2D eigenvalue weighted by Gasteiger charge is 2.13. The average Bonchev–Trinajstić information content (AvgIpc) is 3.06. The number of amides is 1. The number of carbonyl (C=O) groups excluding carboxylic acids is 1. The van der Waals surface area contributed by atoms with Crippen LogP contribution < -0.4 is 5.32 Å². The number of anilines is 1. The molecule has 1 N–H and O–H groups in total. The van der Waals surface area contributed by atoms with Gasteiger partial charge in [0.15, 0.2) is 5.82 Å². The number of nitrogens with zero attached hydrogens (tertiary/aromatic N) is 3. The number of aromatic nitrogens is 2. The topological polar surface area (TPSA) is 70.7 Å².